The summed E-state index contributed by atoms with van der Waals surface area (Å²) in [6.07, 6.45) is -0.535. The Kier molecular flexibility index (Phi) is 5.29. The Morgan fingerprint density at radius 1 is 1.33 bits per heavy atom. The van der Waals surface area contributed by atoms with E-state index in [4.69, 9.17) is 0 Å². The number of nitrogens with zero attached hydrogens (tertiary/aromatic N) is 2. The van der Waals surface area contributed by atoms with Crippen LogP contribution < -0.4 is 5.32 Å². The van der Waals surface area contributed by atoms with Crippen molar-refractivity contribution in [2.45, 2.75) is 38.8 Å². The van der Waals surface area contributed by atoms with Gasteiger partial charge in [0.2, 0.25) is 11.8 Å². The summed E-state index contributed by atoms with van der Waals surface area (Å²) in [4.78, 5) is 33.3. The Labute approximate surface area is 171 Å². The zero-order valence-corrected chi connectivity index (χ0v) is 16.6. The van der Waals surface area contributed by atoms with Crippen molar-refractivity contribution in [1.29, 1.82) is 0 Å². The number of rotatable bonds is 5. The number of H-pyrrole nitrogens is 1. The van der Waals surface area contributed by atoms with E-state index < -0.39 is 24.9 Å². The molecule has 2 amide bonds. The molecular formula is C21H23F3N4O2. The Morgan fingerprint density at radius 2 is 2.10 bits per heavy atom. The van der Waals surface area contributed by atoms with Gasteiger partial charge < -0.3 is 15.2 Å². The highest BCUT2D eigenvalue weighted by Gasteiger charge is 2.32. The smallest absolute Gasteiger partial charge is 0.346 e. The van der Waals surface area contributed by atoms with Gasteiger partial charge in [-0.05, 0) is 42.0 Å². The van der Waals surface area contributed by atoms with Gasteiger partial charge in [0.15, 0.2) is 0 Å². The lowest BCUT2D eigenvalue weighted by molar-refractivity contribution is -0.149. The quantitative estimate of drug-likeness (QED) is 0.764. The fourth-order valence-electron chi connectivity index (χ4n) is 3.81. The average molecular weight is 420 g/mol. The fourth-order valence-corrected chi connectivity index (χ4v) is 3.81. The summed E-state index contributed by atoms with van der Waals surface area (Å²) < 4.78 is 37.3. The van der Waals surface area contributed by atoms with Crippen LogP contribution in [0.2, 0.25) is 0 Å². The number of pyridine rings is 1. The maximum atomic E-state index is 12.4. The third-order valence-corrected chi connectivity index (χ3v) is 5.57. The van der Waals surface area contributed by atoms with Crippen LogP contribution in [0.1, 0.15) is 38.2 Å². The van der Waals surface area contributed by atoms with E-state index in [-0.39, 0.29) is 24.3 Å². The number of hydrogen-bond acceptors (Lipinski definition) is 3. The number of carbonyl (C=O) groups excluding carboxylic acids is 2. The number of carbonyl (C=O) groups is 2. The minimum Gasteiger partial charge on any atom is -0.346 e. The first-order valence-electron chi connectivity index (χ1n) is 10.0. The molecule has 4 rings (SSSR count). The number of amides is 2. The van der Waals surface area contributed by atoms with Crippen LogP contribution >= 0.6 is 0 Å². The van der Waals surface area contributed by atoms with Gasteiger partial charge in [0.1, 0.15) is 11.5 Å². The van der Waals surface area contributed by atoms with Crippen molar-refractivity contribution < 1.29 is 22.8 Å². The third-order valence-electron chi connectivity index (χ3n) is 5.57. The zero-order valence-electron chi connectivity index (χ0n) is 16.6. The molecule has 1 fully saturated rings. The Balaban J connectivity index is 1.55. The fraction of sp³-hybridized carbons (Fsp3) is 0.476. The van der Waals surface area contributed by atoms with Gasteiger partial charge in [-0.15, -0.1) is 0 Å². The summed E-state index contributed by atoms with van der Waals surface area (Å²) in [7, 11) is 0. The molecule has 3 heterocycles. The van der Waals surface area contributed by atoms with E-state index in [1.54, 1.807) is 6.20 Å². The first-order chi connectivity index (χ1) is 14.2. The molecule has 2 N–H and O–H groups in total. The van der Waals surface area contributed by atoms with Crippen LogP contribution in [-0.2, 0) is 9.59 Å². The van der Waals surface area contributed by atoms with E-state index in [1.165, 1.54) is 4.90 Å². The van der Waals surface area contributed by atoms with E-state index in [1.807, 2.05) is 25.1 Å². The van der Waals surface area contributed by atoms with Crippen LogP contribution in [-0.4, -0.2) is 45.9 Å². The van der Waals surface area contributed by atoms with Crippen LogP contribution in [0.3, 0.4) is 0 Å². The minimum atomic E-state index is -4.34. The molecule has 1 atom stereocenters. The monoisotopic (exact) mass is 420 g/mol. The lowest BCUT2D eigenvalue weighted by Crippen LogP contribution is -2.38. The molecule has 2 aliphatic rings. The molecule has 160 valence electrons. The van der Waals surface area contributed by atoms with Gasteiger partial charge in [0.25, 0.3) is 0 Å². The number of hydrogen-bond donors (Lipinski definition) is 2. The molecular weight excluding hydrogens is 397 g/mol. The molecule has 1 saturated carbocycles. The highest BCUT2D eigenvalue weighted by atomic mass is 19.4. The van der Waals surface area contributed by atoms with Crippen molar-refractivity contribution >= 4 is 34.2 Å². The molecule has 0 radical (unpaired) electrons. The molecule has 2 aromatic heterocycles. The molecule has 1 aliphatic heterocycles. The van der Waals surface area contributed by atoms with E-state index in [0.29, 0.717) is 18.0 Å². The third kappa shape index (κ3) is 4.49. The van der Waals surface area contributed by atoms with E-state index in [2.05, 4.69) is 15.3 Å². The first-order valence-corrected chi connectivity index (χ1v) is 10.0. The summed E-state index contributed by atoms with van der Waals surface area (Å²) in [5.74, 6) is -0.0757. The SMILES string of the molecule is CC1CN(C(=O)CCC(F)(F)F)CC=C1c1cc(NC(=O)C2CC2)nc2[nH]ccc12. The largest absolute Gasteiger partial charge is 0.389 e. The van der Waals surface area contributed by atoms with Gasteiger partial charge in [-0.25, -0.2) is 4.98 Å². The van der Waals surface area contributed by atoms with Crippen molar-refractivity contribution in [3.63, 3.8) is 0 Å². The average Bonchev–Trinajstić information content (AvgIpc) is 3.43. The van der Waals surface area contributed by atoms with Crippen molar-refractivity contribution in [2.24, 2.45) is 11.8 Å². The van der Waals surface area contributed by atoms with E-state index in [0.717, 1.165) is 29.4 Å². The van der Waals surface area contributed by atoms with Crippen molar-refractivity contribution in [3.05, 3.63) is 30.0 Å². The normalized spacial score (nSPS) is 19.7. The number of halogens is 3. The van der Waals surface area contributed by atoms with E-state index in [9.17, 15) is 22.8 Å². The highest BCUT2D eigenvalue weighted by Crippen LogP contribution is 2.35. The van der Waals surface area contributed by atoms with Gasteiger partial charge >= 0.3 is 6.18 Å². The van der Waals surface area contributed by atoms with Gasteiger partial charge in [-0.1, -0.05) is 13.0 Å². The second-order valence-corrected chi connectivity index (χ2v) is 8.03. The van der Waals surface area contributed by atoms with Crippen LogP contribution in [0.5, 0.6) is 0 Å². The van der Waals surface area contributed by atoms with Gasteiger partial charge in [-0.3, -0.25) is 9.59 Å². The number of aromatic amines is 1. The Morgan fingerprint density at radius 3 is 2.77 bits per heavy atom. The molecule has 1 unspecified atom stereocenters. The molecule has 9 heteroatoms. The summed E-state index contributed by atoms with van der Waals surface area (Å²) in [6, 6.07) is 3.73. The summed E-state index contributed by atoms with van der Waals surface area (Å²) in [5, 5.41) is 3.77. The van der Waals surface area contributed by atoms with Crippen LogP contribution in [0, 0.1) is 11.8 Å². The van der Waals surface area contributed by atoms with Gasteiger partial charge in [0.05, 0.1) is 6.42 Å². The maximum Gasteiger partial charge on any atom is 0.389 e. The van der Waals surface area contributed by atoms with Crippen LogP contribution in [0.4, 0.5) is 19.0 Å². The Hall–Kier alpha value is -2.84. The number of fused-ring (bicyclic) bond motifs is 1. The maximum absolute atomic E-state index is 12.4. The molecule has 6 nitrogen and oxygen atoms in total. The summed E-state index contributed by atoms with van der Waals surface area (Å²) >= 11 is 0. The molecule has 30 heavy (non-hydrogen) atoms. The van der Waals surface area contributed by atoms with E-state index >= 15 is 0 Å². The first kappa shape index (κ1) is 20.4. The molecule has 0 aromatic carbocycles. The lowest BCUT2D eigenvalue weighted by Gasteiger charge is -2.32. The van der Waals surface area contributed by atoms with Crippen LogP contribution in [0.15, 0.2) is 24.4 Å². The molecule has 0 spiro atoms. The zero-order chi connectivity index (χ0) is 21.5. The second-order valence-electron chi connectivity index (χ2n) is 8.03. The topological polar surface area (TPSA) is 78.1 Å². The molecule has 2 aromatic rings. The predicted molar refractivity (Wildman–Crippen MR) is 106 cm³/mol. The standard InChI is InChI=1S/C21H23F3N4O2/c1-12-11-28(18(29)4-7-21(22,23)24)9-6-14(12)16-10-17(27-20(30)13-2-3-13)26-19-15(16)5-8-25-19/h5-6,8,10,12-13H,2-4,7,9,11H2,1H3,(H2,25,26,27,30). The van der Waals surface area contributed by atoms with Crippen LogP contribution in [0.25, 0.3) is 16.6 Å². The Bertz CT molecular complexity index is 1010. The molecule has 1 aliphatic carbocycles. The molecule has 0 saturated heterocycles. The summed E-state index contributed by atoms with van der Waals surface area (Å²) in [5.41, 5.74) is 2.54. The number of nitrogens with one attached hydrogen (secondary N) is 2. The van der Waals surface area contributed by atoms with Crippen molar-refractivity contribution in [1.82, 2.24) is 14.9 Å². The van der Waals surface area contributed by atoms with Gasteiger partial charge in [-0.2, -0.15) is 13.2 Å². The summed E-state index contributed by atoms with van der Waals surface area (Å²) in [6.45, 7) is 2.55. The number of aromatic nitrogens is 2. The number of alkyl halides is 3. The number of anilines is 1. The lowest BCUT2D eigenvalue weighted by atomic mass is 9.89. The van der Waals surface area contributed by atoms with Crippen molar-refractivity contribution in [2.75, 3.05) is 18.4 Å². The van der Waals surface area contributed by atoms with Gasteiger partial charge in [0, 0.05) is 37.0 Å². The predicted octanol–water partition coefficient (Wildman–Crippen LogP) is 4.12. The highest BCUT2D eigenvalue weighted by molar-refractivity contribution is 5.97. The second kappa shape index (κ2) is 7.77. The van der Waals surface area contributed by atoms with Crippen molar-refractivity contribution in [3.8, 4) is 0 Å². The molecule has 0 bridgehead atoms. The minimum absolute atomic E-state index is 0.0357.